The van der Waals surface area contributed by atoms with Gasteiger partial charge in [0.1, 0.15) is 11.2 Å². The molecule has 0 atom stereocenters. The normalized spacial score (nSPS) is 10.5. The van der Waals surface area contributed by atoms with Crippen molar-refractivity contribution in [3.8, 4) is 0 Å². The van der Waals surface area contributed by atoms with Crippen molar-refractivity contribution < 1.29 is 4.92 Å². The second-order valence-electron chi connectivity index (χ2n) is 3.62. The van der Waals surface area contributed by atoms with Crippen LogP contribution in [0.5, 0.6) is 0 Å². The Balaban J connectivity index is 2.14. The van der Waals surface area contributed by atoms with Crippen LogP contribution in [0.25, 0.3) is 0 Å². The lowest BCUT2D eigenvalue weighted by Gasteiger charge is -2.02. The van der Waals surface area contributed by atoms with Crippen molar-refractivity contribution in [1.29, 1.82) is 0 Å². The molecule has 0 bridgehead atoms. The molecule has 1 aromatic heterocycles. The minimum absolute atomic E-state index is 0.0329. The van der Waals surface area contributed by atoms with Crippen molar-refractivity contribution in [2.75, 3.05) is 18.8 Å². The molecular weight excluding hydrogens is 270 g/mol. The van der Waals surface area contributed by atoms with Gasteiger partial charge in [0.05, 0.1) is 4.92 Å². The van der Waals surface area contributed by atoms with E-state index in [1.165, 1.54) is 25.1 Å². The van der Waals surface area contributed by atoms with Gasteiger partial charge in [-0.1, -0.05) is 24.1 Å². The van der Waals surface area contributed by atoms with Crippen LogP contribution in [0.1, 0.15) is 19.8 Å². The molecule has 0 unspecified atom stereocenters. The van der Waals surface area contributed by atoms with Crippen LogP contribution in [0.15, 0.2) is 23.4 Å². The van der Waals surface area contributed by atoms with Gasteiger partial charge in [0.25, 0.3) is 5.69 Å². The van der Waals surface area contributed by atoms with Gasteiger partial charge in [-0.2, -0.15) is 0 Å². The fraction of sp³-hybridized carbons (Fsp3) is 0.545. The highest BCUT2D eigenvalue weighted by Gasteiger charge is 2.05. The average Bonchev–Trinajstić information content (AvgIpc) is 2.38. The van der Waals surface area contributed by atoms with Crippen LogP contribution >= 0.6 is 21.6 Å². The fourth-order valence-electron chi connectivity index (χ4n) is 1.17. The molecule has 0 aliphatic heterocycles. The maximum absolute atomic E-state index is 10.4. The molecular formula is C11H17N3O2S2. The lowest BCUT2D eigenvalue weighted by molar-refractivity contribution is -0.385. The number of nitro groups is 1. The highest BCUT2D eigenvalue weighted by Crippen LogP contribution is 2.29. The number of pyridine rings is 1. The highest BCUT2D eigenvalue weighted by molar-refractivity contribution is 8.76. The molecule has 5 nitrogen and oxygen atoms in total. The first-order valence-electron chi connectivity index (χ1n) is 5.84. The quantitative estimate of drug-likeness (QED) is 0.326. The highest BCUT2D eigenvalue weighted by atomic mass is 33.1. The second-order valence-corrected chi connectivity index (χ2v) is 6.06. The van der Waals surface area contributed by atoms with Gasteiger partial charge >= 0.3 is 0 Å². The number of aromatic nitrogens is 1. The van der Waals surface area contributed by atoms with Gasteiger partial charge in [0.15, 0.2) is 0 Å². The third-order valence-electron chi connectivity index (χ3n) is 2.15. The molecule has 0 saturated heterocycles. The predicted molar refractivity (Wildman–Crippen MR) is 77.0 cm³/mol. The van der Waals surface area contributed by atoms with Crippen molar-refractivity contribution in [3.05, 3.63) is 28.4 Å². The number of nitrogens with one attached hydrogen (secondary N) is 1. The van der Waals surface area contributed by atoms with Crippen LogP contribution in [0.4, 0.5) is 5.69 Å². The smallest absolute Gasteiger partial charge is 0.287 e. The minimum atomic E-state index is -0.438. The third-order valence-corrected chi connectivity index (χ3v) is 4.41. The molecule has 0 aromatic carbocycles. The van der Waals surface area contributed by atoms with Crippen LogP contribution in [0.2, 0.25) is 0 Å². The molecule has 0 fully saturated rings. The SMILES string of the molecule is CCCCNCCSSc1ccc([N+](=O)[O-])cn1. The monoisotopic (exact) mass is 287 g/mol. The summed E-state index contributed by atoms with van der Waals surface area (Å²) in [6.07, 6.45) is 3.71. The number of unbranched alkanes of at least 4 members (excludes halogenated alkanes) is 1. The van der Waals surface area contributed by atoms with E-state index >= 15 is 0 Å². The van der Waals surface area contributed by atoms with Crippen molar-refractivity contribution in [3.63, 3.8) is 0 Å². The summed E-state index contributed by atoms with van der Waals surface area (Å²) < 4.78 is 0. The van der Waals surface area contributed by atoms with Gasteiger partial charge in [-0.15, -0.1) is 0 Å². The minimum Gasteiger partial charge on any atom is -0.316 e. The Morgan fingerprint density at radius 2 is 2.28 bits per heavy atom. The summed E-state index contributed by atoms with van der Waals surface area (Å²) in [4.78, 5) is 14.0. The van der Waals surface area contributed by atoms with Gasteiger partial charge in [0.2, 0.25) is 0 Å². The van der Waals surface area contributed by atoms with E-state index in [0.717, 1.165) is 23.9 Å². The van der Waals surface area contributed by atoms with E-state index in [1.807, 2.05) is 0 Å². The Hall–Kier alpha value is -0.790. The molecule has 0 amide bonds. The first-order chi connectivity index (χ1) is 8.74. The fourth-order valence-corrected chi connectivity index (χ4v) is 2.98. The molecule has 0 saturated carbocycles. The Morgan fingerprint density at radius 3 is 2.89 bits per heavy atom. The van der Waals surface area contributed by atoms with E-state index in [9.17, 15) is 10.1 Å². The summed E-state index contributed by atoms with van der Waals surface area (Å²) in [7, 11) is 3.25. The first kappa shape index (κ1) is 15.3. The Morgan fingerprint density at radius 1 is 1.44 bits per heavy atom. The largest absolute Gasteiger partial charge is 0.316 e. The standard InChI is InChI=1S/C11H17N3O2S2/c1-2-3-6-12-7-8-17-18-11-5-4-10(9-13-11)14(15)16/h4-5,9,12H,2-3,6-8H2,1H3. The number of hydrogen-bond donors (Lipinski definition) is 1. The molecule has 18 heavy (non-hydrogen) atoms. The Labute approximate surface area is 115 Å². The zero-order chi connectivity index (χ0) is 13.2. The average molecular weight is 287 g/mol. The summed E-state index contributed by atoms with van der Waals surface area (Å²) in [5, 5.41) is 14.6. The lowest BCUT2D eigenvalue weighted by atomic mass is 10.3. The topological polar surface area (TPSA) is 68.1 Å². The summed E-state index contributed by atoms with van der Waals surface area (Å²) in [5.41, 5.74) is 0.0329. The van der Waals surface area contributed by atoms with Crippen molar-refractivity contribution in [1.82, 2.24) is 10.3 Å². The summed E-state index contributed by atoms with van der Waals surface area (Å²) in [6, 6.07) is 3.16. The zero-order valence-electron chi connectivity index (χ0n) is 10.3. The first-order valence-corrected chi connectivity index (χ1v) is 8.16. The molecule has 0 spiro atoms. The number of hydrogen-bond acceptors (Lipinski definition) is 6. The van der Waals surface area contributed by atoms with E-state index in [2.05, 4.69) is 17.2 Å². The molecule has 1 N–H and O–H groups in total. The zero-order valence-corrected chi connectivity index (χ0v) is 11.9. The molecule has 100 valence electrons. The van der Waals surface area contributed by atoms with Crippen molar-refractivity contribution >= 4 is 27.3 Å². The third kappa shape index (κ3) is 6.23. The molecule has 0 aliphatic carbocycles. The van der Waals surface area contributed by atoms with Gasteiger partial charge in [0, 0.05) is 18.4 Å². The number of rotatable bonds is 9. The van der Waals surface area contributed by atoms with Crippen molar-refractivity contribution in [2.24, 2.45) is 0 Å². The Bertz CT molecular complexity index is 360. The van der Waals surface area contributed by atoms with E-state index in [4.69, 9.17) is 0 Å². The molecule has 0 aliphatic rings. The van der Waals surface area contributed by atoms with Crippen molar-refractivity contribution in [2.45, 2.75) is 24.8 Å². The van der Waals surface area contributed by atoms with Crippen LogP contribution < -0.4 is 5.32 Å². The second kappa shape index (κ2) is 9.18. The van der Waals surface area contributed by atoms with Crippen LogP contribution in [0, 0.1) is 10.1 Å². The van der Waals surface area contributed by atoms with E-state index in [-0.39, 0.29) is 5.69 Å². The molecule has 1 heterocycles. The van der Waals surface area contributed by atoms with E-state index in [1.54, 1.807) is 27.7 Å². The van der Waals surface area contributed by atoms with Gasteiger partial charge in [-0.05, 0) is 29.8 Å². The van der Waals surface area contributed by atoms with Gasteiger partial charge in [-0.25, -0.2) is 4.98 Å². The van der Waals surface area contributed by atoms with E-state index in [0.29, 0.717) is 0 Å². The van der Waals surface area contributed by atoms with Gasteiger partial charge in [-0.3, -0.25) is 10.1 Å². The lowest BCUT2D eigenvalue weighted by Crippen LogP contribution is -2.17. The Kier molecular flexibility index (Phi) is 7.79. The molecule has 1 rings (SSSR count). The molecule has 7 heteroatoms. The van der Waals surface area contributed by atoms with E-state index < -0.39 is 4.92 Å². The summed E-state index contributed by atoms with van der Waals surface area (Å²) >= 11 is 0. The molecule has 1 aromatic rings. The summed E-state index contributed by atoms with van der Waals surface area (Å²) in [5.74, 6) is 0.993. The number of nitrogens with zero attached hydrogens (tertiary/aromatic N) is 2. The predicted octanol–water partition coefficient (Wildman–Crippen LogP) is 3.12. The molecule has 0 radical (unpaired) electrons. The maximum atomic E-state index is 10.4. The van der Waals surface area contributed by atoms with Crippen LogP contribution in [0.3, 0.4) is 0 Å². The maximum Gasteiger partial charge on any atom is 0.287 e. The van der Waals surface area contributed by atoms with Crippen LogP contribution in [-0.4, -0.2) is 28.7 Å². The van der Waals surface area contributed by atoms with Crippen LogP contribution in [-0.2, 0) is 0 Å². The summed E-state index contributed by atoms with van der Waals surface area (Å²) in [6.45, 7) is 4.22. The van der Waals surface area contributed by atoms with Gasteiger partial charge < -0.3 is 5.32 Å².